The largest absolute Gasteiger partial charge is 0.462 e. The first-order chi connectivity index (χ1) is 18.1. The Labute approximate surface area is 230 Å². The van der Waals surface area contributed by atoms with Gasteiger partial charge in [-0.1, -0.05) is 33.3 Å². The van der Waals surface area contributed by atoms with Crippen LogP contribution >= 0.6 is 0 Å². The van der Waals surface area contributed by atoms with Crippen molar-refractivity contribution in [2.24, 2.45) is 5.41 Å². The summed E-state index contributed by atoms with van der Waals surface area (Å²) in [5.41, 5.74) is 6.45. The fourth-order valence-electron chi connectivity index (χ4n) is 6.53. The van der Waals surface area contributed by atoms with Crippen LogP contribution in [0.3, 0.4) is 0 Å². The molecular weight excluding hydrogens is 494 g/mol. The van der Waals surface area contributed by atoms with Gasteiger partial charge >= 0.3 is 5.97 Å². The summed E-state index contributed by atoms with van der Waals surface area (Å²) in [6, 6.07) is 0. The van der Waals surface area contributed by atoms with E-state index in [1.165, 1.54) is 30.4 Å². The maximum Gasteiger partial charge on any atom is 0.340 e. The van der Waals surface area contributed by atoms with Gasteiger partial charge < -0.3 is 18.6 Å². The minimum Gasteiger partial charge on any atom is -0.462 e. The van der Waals surface area contributed by atoms with Gasteiger partial charge in [-0.2, -0.15) is 0 Å². The molecule has 4 aliphatic rings. The van der Waals surface area contributed by atoms with Crippen molar-refractivity contribution in [1.82, 2.24) is 4.98 Å². The Bertz CT molecular complexity index is 1080. The van der Waals surface area contributed by atoms with E-state index < -0.39 is 8.32 Å². The third-order valence-corrected chi connectivity index (χ3v) is 14.3. The molecule has 1 atom stereocenters. The average Bonchev–Trinajstić information content (AvgIpc) is 2.86. The second-order valence-corrected chi connectivity index (χ2v) is 18.1. The number of esters is 1. The number of pyridine rings is 1. The van der Waals surface area contributed by atoms with Crippen LogP contribution in [-0.2, 0) is 25.1 Å². The smallest absolute Gasteiger partial charge is 0.340 e. The zero-order valence-corrected chi connectivity index (χ0v) is 25.4. The lowest BCUT2D eigenvalue weighted by Gasteiger charge is -2.51. The molecule has 38 heavy (non-hydrogen) atoms. The second-order valence-electron chi connectivity index (χ2n) is 13.4. The molecule has 1 saturated carbocycles. The van der Waals surface area contributed by atoms with E-state index in [9.17, 15) is 4.79 Å². The molecule has 0 amide bonds. The Morgan fingerprint density at radius 2 is 1.89 bits per heavy atom. The number of aromatic nitrogens is 1. The maximum absolute atomic E-state index is 13.8. The highest BCUT2D eigenvalue weighted by Gasteiger charge is 2.49. The molecule has 1 saturated heterocycles. The number of fused-ring (bicyclic) bond motifs is 1. The molecular formula is C31H47NO5Si. The van der Waals surface area contributed by atoms with Gasteiger partial charge in [-0.3, -0.25) is 4.98 Å². The fourth-order valence-corrected chi connectivity index (χ4v) is 7.79. The summed E-state index contributed by atoms with van der Waals surface area (Å²) >= 11 is 0. The number of hydrogen-bond donors (Lipinski definition) is 0. The summed E-state index contributed by atoms with van der Waals surface area (Å²) in [5, 5.41) is 0.0922. The number of rotatable bonds is 6. The zero-order valence-electron chi connectivity index (χ0n) is 24.4. The van der Waals surface area contributed by atoms with Crippen LogP contribution in [0.2, 0.25) is 18.1 Å². The van der Waals surface area contributed by atoms with Crippen LogP contribution < -0.4 is 0 Å². The Morgan fingerprint density at radius 3 is 2.47 bits per heavy atom. The standard InChI is InChI=1S/C31H47NO5Si/c1-7-36-29(33)27-25(21-9-15-34-16-10-21)26-23(32-28(27)22-11-17-35-18-12-22)19-31(13-8-14-31)20-24(26)37-38(5,6)30(2,3)4/h9,22,24H,7-8,10-20H2,1-6H3/t24-/m0/s1. The first-order valence-electron chi connectivity index (χ1n) is 14.8. The summed E-state index contributed by atoms with van der Waals surface area (Å²) in [7, 11) is -2.09. The van der Waals surface area contributed by atoms with E-state index in [-0.39, 0.29) is 28.4 Å². The Hall–Kier alpha value is -1.54. The summed E-state index contributed by atoms with van der Waals surface area (Å²) < 4.78 is 24.5. The predicted molar refractivity (Wildman–Crippen MR) is 152 cm³/mol. The van der Waals surface area contributed by atoms with Crippen LogP contribution in [0.4, 0.5) is 0 Å². The molecule has 1 aromatic rings. The van der Waals surface area contributed by atoms with Gasteiger partial charge in [0.1, 0.15) is 0 Å². The van der Waals surface area contributed by atoms with E-state index in [0.717, 1.165) is 49.1 Å². The van der Waals surface area contributed by atoms with Crippen molar-refractivity contribution in [2.75, 3.05) is 33.0 Å². The monoisotopic (exact) mass is 541 g/mol. The zero-order chi connectivity index (χ0) is 27.1. The van der Waals surface area contributed by atoms with E-state index in [2.05, 4.69) is 39.9 Å². The third kappa shape index (κ3) is 5.28. The van der Waals surface area contributed by atoms with E-state index in [1.54, 1.807) is 0 Å². The molecule has 0 unspecified atom stereocenters. The van der Waals surface area contributed by atoms with Crippen molar-refractivity contribution in [2.45, 2.75) is 109 Å². The van der Waals surface area contributed by atoms with Gasteiger partial charge in [-0.05, 0) is 81.0 Å². The fraction of sp³-hybridized carbons (Fsp3) is 0.742. The summed E-state index contributed by atoms with van der Waals surface area (Å²) in [6.07, 6.45) is 10.4. The first kappa shape index (κ1) is 28.0. The van der Waals surface area contributed by atoms with Crippen molar-refractivity contribution >= 4 is 19.9 Å². The van der Waals surface area contributed by atoms with Crippen LogP contribution in [0.25, 0.3) is 5.57 Å². The first-order valence-corrected chi connectivity index (χ1v) is 17.7. The van der Waals surface area contributed by atoms with E-state index >= 15 is 0 Å². The van der Waals surface area contributed by atoms with Crippen LogP contribution in [0.5, 0.6) is 0 Å². The van der Waals surface area contributed by atoms with Gasteiger partial charge in [-0.15, -0.1) is 0 Å². The molecule has 2 fully saturated rings. The molecule has 7 heteroatoms. The van der Waals surface area contributed by atoms with Crippen molar-refractivity contribution in [1.29, 1.82) is 0 Å². The lowest BCUT2D eigenvalue weighted by molar-refractivity contribution is 0.0293. The molecule has 0 aromatic carbocycles. The molecule has 1 aromatic heterocycles. The molecule has 210 valence electrons. The molecule has 2 aliphatic heterocycles. The summed E-state index contributed by atoms with van der Waals surface area (Å²) in [6.45, 7) is 16.5. The quantitative estimate of drug-likeness (QED) is 0.282. The molecule has 3 heterocycles. The number of carbonyl (C=O) groups is 1. The van der Waals surface area contributed by atoms with Crippen LogP contribution in [0, 0.1) is 5.41 Å². The highest BCUT2D eigenvalue weighted by molar-refractivity contribution is 6.74. The maximum atomic E-state index is 13.8. The molecule has 0 N–H and O–H groups in total. The van der Waals surface area contributed by atoms with Gasteiger partial charge in [-0.25, -0.2) is 4.79 Å². The second kappa shape index (κ2) is 10.8. The highest BCUT2D eigenvalue weighted by atomic mass is 28.4. The Kier molecular flexibility index (Phi) is 7.95. The molecule has 0 bridgehead atoms. The molecule has 2 aliphatic carbocycles. The van der Waals surface area contributed by atoms with Crippen molar-refractivity contribution in [3.63, 3.8) is 0 Å². The Morgan fingerprint density at radius 1 is 1.16 bits per heavy atom. The van der Waals surface area contributed by atoms with Crippen molar-refractivity contribution < 1.29 is 23.4 Å². The van der Waals surface area contributed by atoms with E-state index in [4.69, 9.17) is 23.6 Å². The van der Waals surface area contributed by atoms with Crippen LogP contribution in [0.1, 0.15) is 118 Å². The molecule has 0 radical (unpaired) electrons. The SMILES string of the molecule is CCOC(=O)c1c(C2CCOCC2)nc2c(c1C1=CCOCC1)[C@@H](O[Si](C)(C)C(C)(C)C)CC1(CCC1)C2. The Balaban J connectivity index is 1.75. The highest BCUT2D eigenvalue weighted by Crippen LogP contribution is 2.57. The van der Waals surface area contributed by atoms with Crippen LogP contribution in [0.15, 0.2) is 6.08 Å². The molecule has 5 rings (SSSR count). The lowest BCUT2D eigenvalue weighted by Crippen LogP contribution is -2.46. The summed E-state index contributed by atoms with van der Waals surface area (Å²) in [5.74, 6) is -0.0478. The minimum absolute atomic E-state index is 0.0527. The van der Waals surface area contributed by atoms with E-state index in [0.29, 0.717) is 38.6 Å². The third-order valence-electron chi connectivity index (χ3n) is 9.85. The van der Waals surface area contributed by atoms with Crippen LogP contribution in [-0.4, -0.2) is 52.3 Å². The lowest BCUT2D eigenvalue weighted by atomic mass is 9.59. The van der Waals surface area contributed by atoms with Gasteiger partial charge in [0.2, 0.25) is 0 Å². The number of nitrogens with zero attached hydrogens (tertiary/aromatic N) is 1. The minimum atomic E-state index is -2.09. The van der Waals surface area contributed by atoms with Gasteiger partial charge in [0.15, 0.2) is 8.32 Å². The molecule has 1 spiro atoms. The topological polar surface area (TPSA) is 66.9 Å². The van der Waals surface area contributed by atoms with Gasteiger partial charge in [0, 0.05) is 36.0 Å². The number of ether oxygens (including phenoxy) is 3. The van der Waals surface area contributed by atoms with Gasteiger partial charge in [0.05, 0.1) is 37.2 Å². The predicted octanol–water partition coefficient (Wildman–Crippen LogP) is 7.14. The van der Waals surface area contributed by atoms with E-state index in [1.807, 2.05) is 6.92 Å². The number of carbonyl (C=O) groups excluding carboxylic acids is 1. The number of hydrogen-bond acceptors (Lipinski definition) is 6. The van der Waals surface area contributed by atoms with Gasteiger partial charge in [0.25, 0.3) is 0 Å². The average molecular weight is 542 g/mol. The molecule has 6 nitrogen and oxygen atoms in total. The summed E-state index contributed by atoms with van der Waals surface area (Å²) in [4.78, 5) is 19.3. The van der Waals surface area contributed by atoms with Crippen molar-refractivity contribution in [3.8, 4) is 0 Å². The van der Waals surface area contributed by atoms with Crippen molar-refractivity contribution in [3.05, 3.63) is 34.2 Å². The normalized spacial score (nSPS) is 23.9.